The van der Waals surface area contributed by atoms with Crippen molar-refractivity contribution < 1.29 is 9.47 Å². The van der Waals surface area contributed by atoms with Gasteiger partial charge in [-0.25, -0.2) is 0 Å². The van der Waals surface area contributed by atoms with Crippen molar-refractivity contribution in [3.63, 3.8) is 0 Å². The number of aryl methyl sites for hydroxylation is 2. The van der Waals surface area contributed by atoms with Gasteiger partial charge in [-0.05, 0) is 69.1 Å². The normalized spacial score (nSPS) is 15.5. The van der Waals surface area contributed by atoms with Gasteiger partial charge in [-0.15, -0.1) is 0 Å². The molecule has 3 rings (SSSR count). The Bertz CT molecular complexity index is 739. The maximum Gasteiger partial charge on any atom is 0.161 e. The molecule has 1 heterocycles. The molecule has 0 aromatic heterocycles. The number of nitrogens with zero attached hydrogens (tertiary/aromatic N) is 2. The number of hydrogen-bond acceptors (Lipinski definition) is 4. The summed E-state index contributed by atoms with van der Waals surface area (Å²) in [5, 5.41) is 0. The summed E-state index contributed by atoms with van der Waals surface area (Å²) in [5.41, 5.74) is 3.78. The van der Waals surface area contributed by atoms with E-state index < -0.39 is 0 Å². The van der Waals surface area contributed by atoms with Crippen molar-refractivity contribution in [2.75, 3.05) is 46.4 Å². The van der Waals surface area contributed by atoms with Crippen LogP contribution in [0.3, 0.4) is 0 Å². The van der Waals surface area contributed by atoms with Crippen LogP contribution < -0.4 is 9.47 Å². The lowest BCUT2D eigenvalue weighted by atomic mass is 10.1. The quantitative estimate of drug-likeness (QED) is 0.650. The van der Waals surface area contributed by atoms with Crippen LogP contribution >= 0.6 is 0 Å². The van der Waals surface area contributed by atoms with E-state index in [1.165, 1.54) is 55.8 Å². The van der Waals surface area contributed by atoms with Crippen LogP contribution in [0, 0.1) is 6.92 Å². The summed E-state index contributed by atoms with van der Waals surface area (Å²) in [6.45, 7) is 11.3. The molecule has 0 N–H and O–H groups in total. The van der Waals surface area contributed by atoms with E-state index in [1.807, 2.05) is 6.92 Å². The van der Waals surface area contributed by atoms with Crippen LogP contribution in [0.4, 0.5) is 0 Å². The third-order valence-corrected chi connectivity index (χ3v) is 5.49. The highest BCUT2D eigenvalue weighted by Gasteiger charge is 2.13. The van der Waals surface area contributed by atoms with E-state index in [4.69, 9.17) is 9.47 Å². The number of hydrogen-bond donors (Lipinski definition) is 0. The molecule has 152 valence electrons. The van der Waals surface area contributed by atoms with Gasteiger partial charge < -0.3 is 19.3 Å². The largest absolute Gasteiger partial charge is 0.490 e. The molecule has 1 saturated heterocycles. The highest BCUT2D eigenvalue weighted by atomic mass is 16.5. The van der Waals surface area contributed by atoms with Crippen molar-refractivity contribution in [3.05, 3.63) is 59.2 Å². The molecule has 0 saturated carbocycles. The summed E-state index contributed by atoms with van der Waals surface area (Å²) in [5.74, 6) is 1.68. The van der Waals surface area contributed by atoms with E-state index in [0.29, 0.717) is 13.2 Å². The lowest BCUT2D eigenvalue weighted by Gasteiger charge is -2.32. The minimum Gasteiger partial charge on any atom is -0.490 e. The fraction of sp³-hybridized carbons (Fsp3) is 0.500. The molecule has 2 aromatic rings. The van der Waals surface area contributed by atoms with Gasteiger partial charge in [0.25, 0.3) is 0 Å². The highest BCUT2D eigenvalue weighted by molar-refractivity contribution is 5.43. The minimum atomic E-state index is 0.565. The first-order chi connectivity index (χ1) is 13.7. The molecular weight excluding hydrogens is 348 g/mol. The molecule has 0 aliphatic carbocycles. The molecule has 1 aliphatic heterocycles. The van der Waals surface area contributed by atoms with Gasteiger partial charge in [0.05, 0.1) is 6.61 Å². The Morgan fingerprint density at radius 3 is 2.46 bits per heavy atom. The summed E-state index contributed by atoms with van der Waals surface area (Å²) in [4.78, 5) is 4.98. The van der Waals surface area contributed by atoms with Crippen LogP contribution in [0.1, 0.15) is 30.0 Å². The zero-order chi connectivity index (χ0) is 19.8. The molecule has 0 unspecified atom stereocenters. The predicted molar refractivity (Wildman–Crippen MR) is 115 cm³/mol. The van der Waals surface area contributed by atoms with E-state index >= 15 is 0 Å². The zero-order valence-electron chi connectivity index (χ0n) is 17.6. The molecule has 1 fully saturated rings. The third kappa shape index (κ3) is 5.98. The summed E-state index contributed by atoms with van der Waals surface area (Å²) in [6, 6.07) is 14.7. The predicted octanol–water partition coefficient (Wildman–Crippen LogP) is 4.15. The number of benzene rings is 2. The Morgan fingerprint density at radius 1 is 0.929 bits per heavy atom. The van der Waals surface area contributed by atoms with Gasteiger partial charge in [0.1, 0.15) is 6.61 Å². The van der Waals surface area contributed by atoms with Crippen molar-refractivity contribution in [2.24, 2.45) is 0 Å². The first-order valence-electron chi connectivity index (χ1n) is 10.5. The summed E-state index contributed by atoms with van der Waals surface area (Å²) < 4.78 is 11.9. The summed E-state index contributed by atoms with van der Waals surface area (Å²) >= 11 is 0. The lowest BCUT2D eigenvalue weighted by Crippen LogP contribution is -2.44. The second-order valence-electron chi connectivity index (χ2n) is 7.68. The molecule has 0 radical (unpaired) electrons. The van der Waals surface area contributed by atoms with Gasteiger partial charge in [-0.2, -0.15) is 0 Å². The van der Waals surface area contributed by atoms with Crippen LogP contribution in [0.25, 0.3) is 0 Å². The standard InChI is InChI=1S/C24H34N2O2/c1-4-27-24-18-21(9-7-13-26-16-14-25(3)15-17-26)11-12-23(24)28-19-22-10-6-5-8-20(22)2/h5-6,8,10-12,18H,4,7,9,13-17,19H2,1-3H3. The van der Waals surface area contributed by atoms with Crippen molar-refractivity contribution in [1.82, 2.24) is 9.80 Å². The monoisotopic (exact) mass is 382 g/mol. The highest BCUT2D eigenvalue weighted by Crippen LogP contribution is 2.30. The van der Waals surface area contributed by atoms with Gasteiger partial charge in [0.2, 0.25) is 0 Å². The van der Waals surface area contributed by atoms with E-state index in [0.717, 1.165) is 17.9 Å². The first-order valence-corrected chi connectivity index (χ1v) is 10.5. The first kappa shape index (κ1) is 20.7. The zero-order valence-corrected chi connectivity index (χ0v) is 17.6. The Labute approximate surface area is 170 Å². The molecule has 0 atom stereocenters. The van der Waals surface area contributed by atoms with Crippen LogP contribution in [0.15, 0.2) is 42.5 Å². The van der Waals surface area contributed by atoms with Gasteiger partial charge in [0.15, 0.2) is 11.5 Å². The van der Waals surface area contributed by atoms with Crippen LogP contribution in [0.2, 0.25) is 0 Å². The van der Waals surface area contributed by atoms with Crippen LogP contribution in [-0.2, 0) is 13.0 Å². The van der Waals surface area contributed by atoms with E-state index in [-0.39, 0.29) is 0 Å². The average Bonchev–Trinajstić information content (AvgIpc) is 2.70. The van der Waals surface area contributed by atoms with Crippen molar-refractivity contribution in [1.29, 1.82) is 0 Å². The van der Waals surface area contributed by atoms with E-state index in [9.17, 15) is 0 Å². The number of piperazine rings is 1. The Kier molecular flexibility index (Phi) is 7.75. The minimum absolute atomic E-state index is 0.565. The number of rotatable bonds is 9. The van der Waals surface area contributed by atoms with Crippen molar-refractivity contribution >= 4 is 0 Å². The molecule has 4 heteroatoms. The molecule has 28 heavy (non-hydrogen) atoms. The molecule has 0 bridgehead atoms. The Balaban J connectivity index is 1.55. The average molecular weight is 383 g/mol. The van der Waals surface area contributed by atoms with E-state index in [2.05, 4.69) is 66.2 Å². The van der Waals surface area contributed by atoms with Gasteiger partial charge in [0, 0.05) is 26.2 Å². The molecule has 2 aromatic carbocycles. The second kappa shape index (κ2) is 10.5. The molecule has 4 nitrogen and oxygen atoms in total. The Morgan fingerprint density at radius 2 is 1.71 bits per heavy atom. The van der Waals surface area contributed by atoms with E-state index in [1.54, 1.807) is 0 Å². The Hall–Kier alpha value is -2.04. The fourth-order valence-corrected chi connectivity index (χ4v) is 3.60. The maximum absolute atomic E-state index is 6.08. The second-order valence-corrected chi connectivity index (χ2v) is 7.68. The molecule has 1 aliphatic rings. The SMILES string of the molecule is CCOc1cc(CCCN2CCN(C)CC2)ccc1OCc1ccccc1C. The summed E-state index contributed by atoms with van der Waals surface area (Å²) in [7, 11) is 2.20. The maximum atomic E-state index is 6.08. The number of likely N-dealkylation sites (N-methyl/N-ethyl adjacent to an activating group) is 1. The molecule has 0 amide bonds. The van der Waals surface area contributed by atoms with Gasteiger partial charge in [-0.1, -0.05) is 30.3 Å². The smallest absolute Gasteiger partial charge is 0.161 e. The van der Waals surface area contributed by atoms with Gasteiger partial charge in [-0.3, -0.25) is 0 Å². The fourth-order valence-electron chi connectivity index (χ4n) is 3.60. The summed E-state index contributed by atoms with van der Waals surface area (Å²) in [6.07, 6.45) is 2.25. The van der Waals surface area contributed by atoms with Crippen LogP contribution in [0.5, 0.6) is 11.5 Å². The van der Waals surface area contributed by atoms with Crippen molar-refractivity contribution in [3.8, 4) is 11.5 Å². The topological polar surface area (TPSA) is 24.9 Å². The van der Waals surface area contributed by atoms with Crippen LogP contribution in [-0.4, -0.2) is 56.2 Å². The molecule has 0 spiro atoms. The molecular formula is C24H34N2O2. The number of ether oxygens (including phenoxy) is 2. The van der Waals surface area contributed by atoms with Crippen molar-refractivity contribution in [2.45, 2.75) is 33.3 Å². The third-order valence-electron chi connectivity index (χ3n) is 5.49. The lowest BCUT2D eigenvalue weighted by molar-refractivity contribution is 0.153. The van der Waals surface area contributed by atoms with Gasteiger partial charge >= 0.3 is 0 Å².